The molecule has 5 rings (SSSR count). The number of nitrogens with two attached hydrogens (primary N) is 1. The number of benzene rings is 3. The van der Waals surface area contributed by atoms with Gasteiger partial charge in [-0.15, -0.1) is 5.10 Å². The van der Waals surface area contributed by atoms with Crippen LogP contribution in [0.15, 0.2) is 72.1 Å². The summed E-state index contributed by atoms with van der Waals surface area (Å²) in [7, 11) is 0. The van der Waals surface area contributed by atoms with Gasteiger partial charge in [0.15, 0.2) is 0 Å². The monoisotopic (exact) mass is 432 g/mol. The van der Waals surface area contributed by atoms with Crippen LogP contribution in [0.25, 0.3) is 22.0 Å². The van der Waals surface area contributed by atoms with Gasteiger partial charge in [-0.3, -0.25) is 5.10 Å². The Morgan fingerprint density at radius 2 is 1.67 bits per heavy atom. The van der Waals surface area contributed by atoms with E-state index in [4.69, 9.17) is 33.7 Å². The molecule has 7 heteroatoms. The zero-order chi connectivity index (χ0) is 20.8. The van der Waals surface area contributed by atoms with Crippen molar-refractivity contribution >= 4 is 34.0 Å². The van der Waals surface area contributed by atoms with E-state index in [2.05, 4.69) is 16.3 Å². The van der Waals surface area contributed by atoms with Crippen LogP contribution in [0.1, 0.15) is 17.0 Å². The predicted molar refractivity (Wildman–Crippen MR) is 117 cm³/mol. The maximum Gasteiger partial charge on any atom is 0.244 e. The molecule has 0 saturated carbocycles. The van der Waals surface area contributed by atoms with Crippen molar-refractivity contribution in [2.45, 2.75) is 5.92 Å². The van der Waals surface area contributed by atoms with Crippen LogP contribution >= 0.6 is 23.2 Å². The minimum absolute atomic E-state index is 0.0121. The summed E-state index contributed by atoms with van der Waals surface area (Å²) in [6, 6.07) is 21.5. The number of H-pyrrole nitrogens is 1. The topological polar surface area (TPSA) is 87.7 Å². The zero-order valence-corrected chi connectivity index (χ0v) is 17.0. The number of hydrogen-bond acceptors (Lipinski definition) is 4. The number of nitrogens with one attached hydrogen (secondary N) is 1. The summed E-state index contributed by atoms with van der Waals surface area (Å²) in [6.07, 6.45) is 0. The number of aromatic nitrogens is 2. The van der Waals surface area contributed by atoms with Crippen molar-refractivity contribution in [2.75, 3.05) is 0 Å². The van der Waals surface area contributed by atoms with Crippen LogP contribution in [0.2, 0.25) is 10.0 Å². The normalized spacial score (nSPS) is 15.6. The van der Waals surface area contributed by atoms with E-state index in [0.29, 0.717) is 27.1 Å². The predicted octanol–water partition coefficient (Wildman–Crippen LogP) is 5.75. The van der Waals surface area contributed by atoms with E-state index < -0.39 is 5.92 Å². The first-order valence-corrected chi connectivity index (χ1v) is 9.93. The number of aromatic amines is 1. The van der Waals surface area contributed by atoms with Crippen LogP contribution in [0.5, 0.6) is 5.88 Å². The molecule has 1 aromatic heterocycles. The first-order chi connectivity index (χ1) is 14.6. The Bertz CT molecular complexity index is 1360. The van der Waals surface area contributed by atoms with E-state index in [0.717, 1.165) is 22.0 Å². The molecule has 146 valence electrons. The standard InChI is InChI=1S/C23H14Cl2N4O/c24-16-9-4-10-17(25)19(16)18-15(11-26)22(27)30-23-20(18)21(28-29-23)14-8-3-6-12-5-1-2-7-13(12)14/h1-10,18H,27H2,(H,28,29)/t18-/m0/s1. The van der Waals surface area contributed by atoms with Gasteiger partial charge in [-0.05, 0) is 22.9 Å². The van der Waals surface area contributed by atoms with E-state index in [1.807, 2.05) is 42.5 Å². The molecule has 0 fully saturated rings. The maximum atomic E-state index is 9.89. The molecular formula is C23H14Cl2N4O. The van der Waals surface area contributed by atoms with Gasteiger partial charge in [0.1, 0.15) is 11.6 Å². The summed E-state index contributed by atoms with van der Waals surface area (Å²) in [5.74, 6) is -0.329. The second-order valence-corrected chi connectivity index (χ2v) is 7.72. The molecule has 3 aromatic carbocycles. The van der Waals surface area contributed by atoms with E-state index >= 15 is 0 Å². The molecule has 4 aromatic rings. The highest BCUT2D eigenvalue weighted by Crippen LogP contribution is 2.49. The highest BCUT2D eigenvalue weighted by atomic mass is 35.5. The Balaban J connectivity index is 1.84. The fourth-order valence-corrected chi connectivity index (χ4v) is 4.58. The molecule has 0 bridgehead atoms. The summed E-state index contributed by atoms with van der Waals surface area (Å²) in [5.41, 5.74) is 9.22. The van der Waals surface area contributed by atoms with Crippen LogP contribution < -0.4 is 10.5 Å². The average molecular weight is 433 g/mol. The third-order valence-electron chi connectivity index (χ3n) is 5.29. The smallest absolute Gasteiger partial charge is 0.244 e. The zero-order valence-electron chi connectivity index (χ0n) is 15.5. The molecule has 0 spiro atoms. The molecule has 0 saturated heterocycles. The molecule has 0 unspecified atom stereocenters. The van der Waals surface area contributed by atoms with Crippen LogP contribution in [0, 0.1) is 11.3 Å². The Hall–Kier alpha value is -3.46. The highest BCUT2D eigenvalue weighted by molar-refractivity contribution is 6.36. The number of fused-ring (bicyclic) bond motifs is 2. The molecule has 30 heavy (non-hydrogen) atoms. The van der Waals surface area contributed by atoms with Gasteiger partial charge in [0.05, 0.1) is 17.2 Å². The number of ether oxygens (including phenoxy) is 1. The van der Waals surface area contributed by atoms with Gasteiger partial charge >= 0.3 is 0 Å². The first-order valence-electron chi connectivity index (χ1n) is 9.18. The van der Waals surface area contributed by atoms with Gasteiger partial charge in [0.25, 0.3) is 0 Å². The second-order valence-electron chi connectivity index (χ2n) is 6.90. The average Bonchev–Trinajstić information content (AvgIpc) is 3.16. The van der Waals surface area contributed by atoms with Gasteiger partial charge in [0.2, 0.25) is 11.8 Å². The summed E-state index contributed by atoms with van der Waals surface area (Å²) in [5, 5.41) is 20.3. The van der Waals surface area contributed by atoms with E-state index in [1.165, 1.54) is 0 Å². The van der Waals surface area contributed by atoms with Gasteiger partial charge in [-0.1, -0.05) is 71.7 Å². The quantitative estimate of drug-likeness (QED) is 0.421. The van der Waals surface area contributed by atoms with Crippen molar-refractivity contribution in [1.82, 2.24) is 10.2 Å². The van der Waals surface area contributed by atoms with Crippen LogP contribution in [0.3, 0.4) is 0 Å². The lowest BCUT2D eigenvalue weighted by Gasteiger charge is -2.25. The van der Waals surface area contributed by atoms with Crippen molar-refractivity contribution in [3.63, 3.8) is 0 Å². The lowest BCUT2D eigenvalue weighted by atomic mass is 9.82. The lowest BCUT2D eigenvalue weighted by molar-refractivity contribution is 0.379. The second kappa shape index (κ2) is 7.10. The van der Waals surface area contributed by atoms with Gasteiger partial charge in [-0.25, -0.2) is 0 Å². The van der Waals surface area contributed by atoms with Crippen LogP contribution in [-0.2, 0) is 0 Å². The number of halogens is 2. The number of nitriles is 1. The van der Waals surface area contributed by atoms with Crippen molar-refractivity contribution in [3.05, 3.63) is 93.3 Å². The van der Waals surface area contributed by atoms with Crippen molar-refractivity contribution in [1.29, 1.82) is 5.26 Å². The van der Waals surface area contributed by atoms with Crippen LogP contribution in [0.4, 0.5) is 0 Å². The van der Waals surface area contributed by atoms with Crippen molar-refractivity contribution < 1.29 is 4.74 Å². The molecule has 2 heterocycles. The molecule has 1 aliphatic heterocycles. The number of rotatable bonds is 2. The molecule has 3 N–H and O–H groups in total. The fraction of sp³-hybridized carbons (Fsp3) is 0.0435. The SMILES string of the molecule is N#CC1=C(N)Oc2n[nH]c(-c3cccc4ccccc34)c2[C@@H]1c1c(Cl)cccc1Cl. The third kappa shape index (κ3) is 2.73. The van der Waals surface area contributed by atoms with E-state index in [1.54, 1.807) is 18.2 Å². The summed E-state index contributed by atoms with van der Waals surface area (Å²) >= 11 is 13.1. The molecule has 5 nitrogen and oxygen atoms in total. The number of nitrogens with zero attached hydrogens (tertiary/aromatic N) is 2. The molecule has 0 amide bonds. The van der Waals surface area contributed by atoms with Crippen molar-refractivity contribution in [2.24, 2.45) is 5.73 Å². The number of hydrogen-bond donors (Lipinski definition) is 2. The Kier molecular flexibility index (Phi) is 4.39. The minimum Gasteiger partial charge on any atom is -0.420 e. The number of allylic oxidation sites excluding steroid dienone is 1. The Morgan fingerprint density at radius 1 is 0.967 bits per heavy atom. The van der Waals surface area contributed by atoms with Gasteiger partial charge in [0, 0.05) is 21.2 Å². The van der Waals surface area contributed by atoms with Gasteiger partial charge in [-0.2, -0.15) is 5.26 Å². The molecular weight excluding hydrogens is 419 g/mol. The largest absolute Gasteiger partial charge is 0.420 e. The summed E-state index contributed by atoms with van der Waals surface area (Å²) in [6.45, 7) is 0. The fourth-order valence-electron chi connectivity index (χ4n) is 3.97. The van der Waals surface area contributed by atoms with Crippen LogP contribution in [-0.4, -0.2) is 10.2 Å². The van der Waals surface area contributed by atoms with E-state index in [-0.39, 0.29) is 11.5 Å². The summed E-state index contributed by atoms with van der Waals surface area (Å²) in [4.78, 5) is 0. The maximum absolute atomic E-state index is 9.89. The molecule has 1 aliphatic rings. The van der Waals surface area contributed by atoms with E-state index in [9.17, 15) is 5.26 Å². The molecule has 1 atom stereocenters. The Morgan fingerprint density at radius 3 is 2.43 bits per heavy atom. The van der Waals surface area contributed by atoms with Crippen molar-refractivity contribution in [3.8, 4) is 23.2 Å². The lowest BCUT2D eigenvalue weighted by Crippen LogP contribution is -2.21. The Labute approximate surface area is 182 Å². The van der Waals surface area contributed by atoms with Gasteiger partial charge < -0.3 is 10.5 Å². The first kappa shape index (κ1) is 18.6. The third-order valence-corrected chi connectivity index (χ3v) is 5.95. The minimum atomic E-state index is -0.618. The molecule has 0 aliphatic carbocycles. The highest BCUT2D eigenvalue weighted by Gasteiger charge is 2.37. The summed E-state index contributed by atoms with van der Waals surface area (Å²) < 4.78 is 5.69. The molecule has 0 radical (unpaired) electrons.